The molecule has 5 heteroatoms. The Balaban J connectivity index is 1.94. The maximum Gasteiger partial charge on any atom is 0.223 e. The van der Waals surface area contributed by atoms with Crippen LogP contribution in [0.3, 0.4) is 0 Å². The first-order valence-electron chi connectivity index (χ1n) is 8.13. The van der Waals surface area contributed by atoms with Crippen molar-refractivity contribution in [3.05, 3.63) is 58.3 Å². The van der Waals surface area contributed by atoms with Gasteiger partial charge in [-0.15, -0.1) is 11.3 Å². The summed E-state index contributed by atoms with van der Waals surface area (Å²) in [7, 11) is 0. The molecule has 128 valence electrons. The third kappa shape index (κ3) is 5.20. The molecule has 0 radical (unpaired) electrons. The number of nitrogens with two attached hydrogens (primary N) is 1. The summed E-state index contributed by atoms with van der Waals surface area (Å²) in [4.78, 5) is 25.3. The molecule has 0 spiro atoms. The van der Waals surface area contributed by atoms with Gasteiger partial charge in [0.15, 0.2) is 0 Å². The normalized spacial score (nSPS) is 14.6. The number of nitrogens with one attached hydrogen (secondary N) is 1. The minimum atomic E-state index is -0.406. The van der Waals surface area contributed by atoms with Crippen molar-refractivity contribution in [1.29, 1.82) is 0 Å². The van der Waals surface area contributed by atoms with Crippen LogP contribution in [0.5, 0.6) is 0 Å². The lowest BCUT2D eigenvalue weighted by atomic mass is 9.94. The third-order valence-corrected chi connectivity index (χ3v) is 5.07. The van der Waals surface area contributed by atoms with Gasteiger partial charge in [0.1, 0.15) is 0 Å². The molecule has 0 saturated carbocycles. The van der Waals surface area contributed by atoms with Gasteiger partial charge in [-0.1, -0.05) is 43.3 Å². The molecule has 0 aliphatic carbocycles. The van der Waals surface area contributed by atoms with Gasteiger partial charge in [-0.3, -0.25) is 9.59 Å². The van der Waals surface area contributed by atoms with Crippen LogP contribution >= 0.6 is 11.3 Å². The van der Waals surface area contributed by atoms with Crippen molar-refractivity contribution in [3.63, 3.8) is 0 Å². The quantitative estimate of drug-likeness (QED) is 0.773. The molecule has 3 N–H and O–H groups in total. The molecular weight excluding hydrogens is 320 g/mol. The summed E-state index contributed by atoms with van der Waals surface area (Å²) in [6, 6.07) is 13.5. The monoisotopic (exact) mass is 344 g/mol. The number of carbonyl (C=O) groups excluding carboxylic acids is 2. The molecule has 1 heterocycles. The standard InChI is InChI=1S/C19H24N2O2S/c1-13(11-15-7-4-3-5-8-15)19(23)21-14(2)17(18(20)22)12-16-9-6-10-24-16/h3-10,13-14,17H,11-12H2,1-2H3,(H2,20,22)(H,21,23). The average molecular weight is 344 g/mol. The van der Waals surface area contributed by atoms with Gasteiger partial charge in [0.25, 0.3) is 0 Å². The van der Waals surface area contributed by atoms with Crippen LogP contribution in [0.4, 0.5) is 0 Å². The second-order valence-electron chi connectivity index (χ2n) is 6.18. The third-order valence-electron chi connectivity index (χ3n) is 4.17. The lowest BCUT2D eigenvalue weighted by molar-refractivity contribution is -0.127. The van der Waals surface area contributed by atoms with E-state index in [9.17, 15) is 9.59 Å². The zero-order chi connectivity index (χ0) is 17.5. The van der Waals surface area contributed by atoms with E-state index in [4.69, 9.17) is 5.73 Å². The van der Waals surface area contributed by atoms with Gasteiger partial charge in [-0.25, -0.2) is 0 Å². The van der Waals surface area contributed by atoms with E-state index in [1.807, 2.05) is 61.7 Å². The Morgan fingerprint density at radius 2 is 1.79 bits per heavy atom. The topological polar surface area (TPSA) is 72.2 Å². The van der Waals surface area contributed by atoms with E-state index >= 15 is 0 Å². The van der Waals surface area contributed by atoms with Crippen LogP contribution in [0.15, 0.2) is 47.8 Å². The van der Waals surface area contributed by atoms with Crippen molar-refractivity contribution in [2.45, 2.75) is 32.7 Å². The van der Waals surface area contributed by atoms with E-state index in [1.165, 1.54) is 0 Å². The zero-order valence-electron chi connectivity index (χ0n) is 14.1. The average Bonchev–Trinajstić information content (AvgIpc) is 3.06. The SMILES string of the molecule is CC(Cc1ccccc1)C(=O)NC(C)C(Cc1cccs1)C(N)=O. The molecule has 0 aliphatic heterocycles. The van der Waals surface area contributed by atoms with Crippen molar-refractivity contribution < 1.29 is 9.59 Å². The Labute approximate surface area is 147 Å². The van der Waals surface area contributed by atoms with Crippen LogP contribution < -0.4 is 11.1 Å². The number of benzene rings is 1. The molecule has 1 aromatic carbocycles. The van der Waals surface area contributed by atoms with E-state index < -0.39 is 5.92 Å². The van der Waals surface area contributed by atoms with Crippen molar-refractivity contribution in [3.8, 4) is 0 Å². The molecule has 0 aliphatic rings. The van der Waals surface area contributed by atoms with Crippen molar-refractivity contribution >= 4 is 23.2 Å². The van der Waals surface area contributed by atoms with E-state index in [-0.39, 0.29) is 23.8 Å². The summed E-state index contributed by atoms with van der Waals surface area (Å²) in [5.74, 6) is -1.00. The van der Waals surface area contributed by atoms with Crippen LogP contribution in [0.1, 0.15) is 24.3 Å². The fraction of sp³-hybridized carbons (Fsp3) is 0.368. The number of rotatable bonds is 8. The van der Waals surface area contributed by atoms with Crippen molar-refractivity contribution in [2.24, 2.45) is 17.6 Å². The highest BCUT2D eigenvalue weighted by Crippen LogP contribution is 2.18. The van der Waals surface area contributed by atoms with Gasteiger partial charge in [0.2, 0.25) is 11.8 Å². The highest BCUT2D eigenvalue weighted by atomic mass is 32.1. The fourth-order valence-corrected chi connectivity index (χ4v) is 3.46. The summed E-state index contributed by atoms with van der Waals surface area (Å²) >= 11 is 1.59. The fourth-order valence-electron chi connectivity index (χ4n) is 2.70. The van der Waals surface area contributed by atoms with E-state index in [0.29, 0.717) is 12.8 Å². The van der Waals surface area contributed by atoms with E-state index in [0.717, 1.165) is 10.4 Å². The van der Waals surface area contributed by atoms with Gasteiger partial charge in [-0.05, 0) is 36.8 Å². The molecule has 1 aromatic heterocycles. The Morgan fingerprint density at radius 3 is 2.38 bits per heavy atom. The zero-order valence-corrected chi connectivity index (χ0v) is 14.9. The number of thiophene rings is 1. The molecule has 0 bridgehead atoms. The molecule has 3 atom stereocenters. The first kappa shape index (κ1) is 18.2. The van der Waals surface area contributed by atoms with Crippen LogP contribution in [-0.4, -0.2) is 17.9 Å². The van der Waals surface area contributed by atoms with Crippen LogP contribution in [0.25, 0.3) is 0 Å². The van der Waals surface area contributed by atoms with Gasteiger partial charge >= 0.3 is 0 Å². The molecule has 4 nitrogen and oxygen atoms in total. The molecule has 2 aromatic rings. The summed E-state index contributed by atoms with van der Waals surface area (Å²) in [5.41, 5.74) is 6.67. The highest BCUT2D eigenvalue weighted by molar-refractivity contribution is 7.09. The molecule has 0 fully saturated rings. The predicted molar refractivity (Wildman–Crippen MR) is 97.6 cm³/mol. The second-order valence-corrected chi connectivity index (χ2v) is 7.21. The molecule has 2 amide bonds. The molecular formula is C19H24N2O2S. The summed E-state index contributed by atoms with van der Waals surface area (Å²) in [6.45, 7) is 3.74. The van der Waals surface area contributed by atoms with Gasteiger partial charge in [0, 0.05) is 16.8 Å². The first-order chi connectivity index (χ1) is 11.5. The largest absolute Gasteiger partial charge is 0.369 e. The maximum absolute atomic E-state index is 12.4. The van der Waals surface area contributed by atoms with Gasteiger partial charge in [0.05, 0.1) is 5.92 Å². The van der Waals surface area contributed by atoms with Crippen LogP contribution in [-0.2, 0) is 22.4 Å². The highest BCUT2D eigenvalue weighted by Gasteiger charge is 2.26. The van der Waals surface area contributed by atoms with Crippen LogP contribution in [0, 0.1) is 11.8 Å². The van der Waals surface area contributed by atoms with Crippen LogP contribution in [0.2, 0.25) is 0 Å². The Bertz CT molecular complexity index is 655. The van der Waals surface area contributed by atoms with E-state index in [2.05, 4.69) is 5.32 Å². The Hall–Kier alpha value is -2.14. The summed E-state index contributed by atoms with van der Waals surface area (Å²) < 4.78 is 0. The minimum absolute atomic E-state index is 0.0521. The first-order valence-corrected chi connectivity index (χ1v) is 9.01. The van der Waals surface area contributed by atoms with Crippen molar-refractivity contribution in [1.82, 2.24) is 5.32 Å². The number of hydrogen-bond acceptors (Lipinski definition) is 3. The number of primary amides is 1. The molecule has 3 unspecified atom stereocenters. The van der Waals surface area contributed by atoms with Crippen molar-refractivity contribution in [2.75, 3.05) is 0 Å². The molecule has 0 saturated heterocycles. The number of carbonyl (C=O) groups is 2. The van der Waals surface area contributed by atoms with Gasteiger partial charge in [-0.2, -0.15) is 0 Å². The van der Waals surface area contributed by atoms with Gasteiger partial charge < -0.3 is 11.1 Å². The summed E-state index contributed by atoms with van der Waals surface area (Å²) in [5, 5.41) is 4.93. The maximum atomic E-state index is 12.4. The molecule has 24 heavy (non-hydrogen) atoms. The Morgan fingerprint density at radius 1 is 1.08 bits per heavy atom. The Kier molecular flexibility index (Phi) is 6.55. The number of amides is 2. The lowest BCUT2D eigenvalue weighted by Gasteiger charge is -2.23. The smallest absolute Gasteiger partial charge is 0.223 e. The minimum Gasteiger partial charge on any atom is -0.369 e. The van der Waals surface area contributed by atoms with E-state index in [1.54, 1.807) is 11.3 Å². The molecule has 2 rings (SSSR count). The predicted octanol–water partition coefficient (Wildman–Crippen LogP) is 2.78. The lowest BCUT2D eigenvalue weighted by Crippen LogP contribution is -2.46. The summed E-state index contributed by atoms with van der Waals surface area (Å²) in [6.07, 6.45) is 1.23. The second kappa shape index (κ2) is 8.64. The number of hydrogen-bond donors (Lipinski definition) is 2.